The molecule has 1 aliphatic heterocycles. The maximum absolute atomic E-state index is 11.6. The Bertz CT molecular complexity index is 1470. The lowest BCUT2D eigenvalue weighted by Crippen LogP contribution is -2.32. The fourth-order valence-electron chi connectivity index (χ4n) is 7.20. The summed E-state index contributed by atoms with van der Waals surface area (Å²) in [5.74, 6) is 3.10. The Balaban J connectivity index is 1.39. The summed E-state index contributed by atoms with van der Waals surface area (Å²) >= 11 is 0. The average molecular weight is 589 g/mol. The SMILES string of the molecule is COc1cc(C2Oc3cc(OC)c4c(c3CC2O)CC(CCC(C)C)c2cc(O)ccc2-4)cc(OC2CCCCC2)c1O. The molecule has 0 spiro atoms. The van der Waals surface area contributed by atoms with Crippen LogP contribution in [0.5, 0.6) is 34.5 Å². The van der Waals surface area contributed by atoms with Crippen molar-refractivity contribution < 1.29 is 34.3 Å². The molecule has 1 saturated carbocycles. The van der Waals surface area contributed by atoms with E-state index in [9.17, 15) is 15.3 Å². The molecule has 3 atom stereocenters. The third-order valence-corrected chi connectivity index (χ3v) is 9.45. The number of aromatic hydroxyl groups is 2. The van der Waals surface area contributed by atoms with Crippen LogP contribution in [0.3, 0.4) is 0 Å². The third kappa shape index (κ3) is 5.72. The van der Waals surface area contributed by atoms with Crippen molar-refractivity contribution in [2.45, 2.75) is 95.9 Å². The summed E-state index contributed by atoms with van der Waals surface area (Å²) in [5, 5.41) is 32.8. The first kappa shape index (κ1) is 29.5. The Kier molecular flexibility index (Phi) is 8.36. The van der Waals surface area contributed by atoms with Gasteiger partial charge in [0, 0.05) is 29.2 Å². The Hall–Kier alpha value is -3.58. The molecule has 3 aromatic rings. The van der Waals surface area contributed by atoms with Crippen LogP contribution < -0.4 is 18.9 Å². The van der Waals surface area contributed by atoms with Gasteiger partial charge < -0.3 is 34.3 Å². The molecule has 1 fully saturated rings. The normalized spacial score (nSPS) is 21.4. The predicted octanol–water partition coefficient (Wildman–Crippen LogP) is 7.61. The molecule has 0 saturated heterocycles. The number of fused-ring (bicyclic) bond motifs is 5. The van der Waals surface area contributed by atoms with Crippen LogP contribution in [-0.2, 0) is 12.8 Å². The smallest absolute Gasteiger partial charge is 0.200 e. The first-order chi connectivity index (χ1) is 20.8. The third-order valence-electron chi connectivity index (χ3n) is 9.45. The lowest BCUT2D eigenvalue weighted by molar-refractivity contribution is 0.0199. The highest BCUT2D eigenvalue weighted by atomic mass is 16.5. The van der Waals surface area contributed by atoms with Crippen molar-refractivity contribution in [3.05, 3.63) is 58.7 Å². The first-order valence-electron chi connectivity index (χ1n) is 15.8. The molecular weight excluding hydrogens is 544 g/mol. The zero-order chi connectivity index (χ0) is 30.2. The molecule has 230 valence electrons. The molecule has 1 heterocycles. The minimum absolute atomic E-state index is 0.0320. The van der Waals surface area contributed by atoms with Gasteiger partial charge in [0.1, 0.15) is 17.2 Å². The number of aliphatic hydroxyl groups is 1. The van der Waals surface area contributed by atoms with E-state index >= 15 is 0 Å². The van der Waals surface area contributed by atoms with Gasteiger partial charge in [0.25, 0.3) is 0 Å². The van der Waals surface area contributed by atoms with E-state index in [1.165, 1.54) is 13.5 Å². The highest BCUT2D eigenvalue weighted by molar-refractivity contribution is 5.82. The van der Waals surface area contributed by atoms with Gasteiger partial charge in [-0.25, -0.2) is 0 Å². The van der Waals surface area contributed by atoms with Crippen LogP contribution in [0.4, 0.5) is 0 Å². The zero-order valence-electron chi connectivity index (χ0n) is 25.7. The molecule has 6 rings (SSSR count). The summed E-state index contributed by atoms with van der Waals surface area (Å²) in [7, 11) is 3.18. The van der Waals surface area contributed by atoms with Crippen molar-refractivity contribution in [1.29, 1.82) is 0 Å². The van der Waals surface area contributed by atoms with Gasteiger partial charge in [0.05, 0.1) is 26.4 Å². The summed E-state index contributed by atoms with van der Waals surface area (Å²) in [4.78, 5) is 0. The molecule has 43 heavy (non-hydrogen) atoms. The summed E-state index contributed by atoms with van der Waals surface area (Å²) < 4.78 is 24.3. The van der Waals surface area contributed by atoms with Crippen molar-refractivity contribution in [1.82, 2.24) is 0 Å². The van der Waals surface area contributed by atoms with E-state index in [0.717, 1.165) is 72.8 Å². The highest BCUT2D eigenvalue weighted by Crippen LogP contribution is 2.53. The number of hydrogen-bond donors (Lipinski definition) is 3. The fourth-order valence-corrected chi connectivity index (χ4v) is 7.20. The first-order valence-corrected chi connectivity index (χ1v) is 15.8. The van der Waals surface area contributed by atoms with Crippen molar-refractivity contribution >= 4 is 0 Å². The van der Waals surface area contributed by atoms with E-state index in [2.05, 4.69) is 13.8 Å². The molecule has 0 aromatic heterocycles. The summed E-state index contributed by atoms with van der Waals surface area (Å²) in [6.07, 6.45) is 7.15. The molecule has 2 aliphatic carbocycles. The molecule has 3 unspecified atom stereocenters. The number of phenolic OH excluding ortho intramolecular Hbond substituents is 2. The number of phenols is 2. The largest absolute Gasteiger partial charge is 0.508 e. The van der Waals surface area contributed by atoms with Crippen LogP contribution in [0.1, 0.15) is 93.1 Å². The molecule has 0 bridgehead atoms. The maximum Gasteiger partial charge on any atom is 0.200 e. The lowest BCUT2D eigenvalue weighted by Gasteiger charge is -2.37. The van der Waals surface area contributed by atoms with Gasteiger partial charge in [-0.3, -0.25) is 0 Å². The van der Waals surface area contributed by atoms with Gasteiger partial charge in [0.2, 0.25) is 5.75 Å². The van der Waals surface area contributed by atoms with Crippen molar-refractivity contribution in [3.8, 4) is 45.6 Å². The minimum Gasteiger partial charge on any atom is -0.508 e. The molecule has 7 nitrogen and oxygen atoms in total. The molecule has 0 amide bonds. The Morgan fingerprint density at radius 3 is 2.35 bits per heavy atom. The fraction of sp³-hybridized carbons (Fsp3) is 0.500. The van der Waals surface area contributed by atoms with E-state index in [4.69, 9.17) is 18.9 Å². The predicted molar refractivity (Wildman–Crippen MR) is 166 cm³/mol. The number of hydrogen-bond acceptors (Lipinski definition) is 7. The second kappa shape index (κ2) is 12.2. The topological polar surface area (TPSA) is 97.6 Å². The molecule has 3 aliphatic rings. The van der Waals surface area contributed by atoms with Crippen LogP contribution in [0, 0.1) is 5.92 Å². The van der Waals surface area contributed by atoms with E-state index in [-0.39, 0.29) is 23.5 Å². The molecule has 3 aromatic carbocycles. The monoisotopic (exact) mass is 588 g/mol. The molecular formula is C36H44O7. The van der Waals surface area contributed by atoms with Crippen LogP contribution in [0.25, 0.3) is 11.1 Å². The molecule has 0 radical (unpaired) electrons. The number of aliphatic hydroxyl groups excluding tert-OH is 1. The van der Waals surface area contributed by atoms with Gasteiger partial charge >= 0.3 is 0 Å². The van der Waals surface area contributed by atoms with Crippen LogP contribution >= 0.6 is 0 Å². The Morgan fingerprint density at radius 1 is 0.884 bits per heavy atom. The Labute approximate surface area is 254 Å². The summed E-state index contributed by atoms with van der Waals surface area (Å²) in [6, 6.07) is 11.1. The van der Waals surface area contributed by atoms with Crippen molar-refractivity contribution in [2.24, 2.45) is 5.92 Å². The van der Waals surface area contributed by atoms with Gasteiger partial charge in [-0.05, 0) is 91.3 Å². The second-order valence-electron chi connectivity index (χ2n) is 12.8. The highest BCUT2D eigenvalue weighted by Gasteiger charge is 2.38. The van der Waals surface area contributed by atoms with E-state index in [1.807, 2.05) is 18.2 Å². The van der Waals surface area contributed by atoms with E-state index < -0.39 is 12.2 Å². The quantitative estimate of drug-likeness (QED) is 0.249. The number of ether oxygens (including phenoxy) is 4. The summed E-state index contributed by atoms with van der Waals surface area (Å²) in [6.45, 7) is 4.47. The van der Waals surface area contributed by atoms with Gasteiger partial charge in [-0.15, -0.1) is 0 Å². The average Bonchev–Trinajstić information content (AvgIpc) is 3.00. The van der Waals surface area contributed by atoms with E-state index in [0.29, 0.717) is 40.9 Å². The maximum atomic E-state index is 11.6. The number of rotatable bonds is 8. The van der Waals surface area contributed by atoms with Crippen LogP contribution in [0.15, 0.2) is 36.4 Å². The lowest BCUT2D eigenvalue weighted by atomic mass is 9.73. The number of benzene rings is 3. The van der Waals surface area contributed by atoms with E-state index in [1.54, 1.807) is 25.3 Å². The molecule has 7 heteroatoms. The van der Waals surface area contributed by atoms with Crippen LogP contribution in [-0.4, -0.2) is 41.7 Å². The van der Waals surface area contributed by atoms with Gasteiger partial charge in [-0.1, -0.05) is 32.8 Å². The van der Waals surface area contributed by atoms with Gasteiger partial charge in [0.15, 0.2) is 17.6 Å². The van der Waals surface area contributed by atoms with Gasteiger partial charge in [-0.2, -0.15) is 0 Å². The standard InChI is InChI=1S/C36H44O7/c1-20(2)10-11-21-14-28-27-18-29(38)36(22-15-32(41-4)35(39)33(16-22)42-24-8-6-5-7-9-24)43-30(27)19-31(40-3)34(28)25-13-12-23(37)17-26(21)25/h12-13,15-17,19-21,24,29,36-39H,5-11,14,18H2,1-4H3. The minimum atomic E-state index is -0.822. The Morgan fingerprint density at radius 2 is 1.63 bits per heavy atom. The second-order valence-corrected chi connectivity index (χ2v) is 12.8. The molecule has 3 N–H and O–H groups in total. The van der Waals surface area contributed by atoms with Crippen molar-refractivity contribution in [2.75, 3.05) is 14.2 Å². The summed E-state index contributed by atoms with van der Waals surface area (Å²) in [5.41, 5.74) is 6.05. The van der Waals surface area contributed by atoms with Crippen LogP contribution in [0.2, 0.25) is 0 Å². The van der Waals surface area contributed by atoms with Crippen molar-refractivity contribution in [3.63, 3.8) is 0 Å². The number of methoxy groups -OCH3 is 2. The zero-order valence-corrected chi connectivity index (χ0v) is 25.7.